The molecule has 28 heavy (non-hydrogen) atoms. The number of hydrogen-bond donors (Lipinski definition) is 2. The van der Waals surface area contributed by atoms with E-state index in [1.807, 2.05) is 0 Å². The summed E-state index contributed by atoms with van der Waals surface area (Å²) in [5.74, 6) is -1.05. The Morgan fingerprint density at radius 2 is 2.14 bits per heavy atom. The van der Waals surface area contributed by atoms with E-state index in [0.717, 1.165) is 5.56 Å². The van der Waals surface area contributed by atoms with Crippen LogP contribution >= 0.6 is 0 Å². The van der Waals surface area contributed by atoms with Crippen molar-refractivity contribution in [2.45, 2.75) is 32.0 Å². The molecule has 4 rings (SSSR count). The Morgan fingerprint density at radius 3 is 2.89 bits per heavy atom. The average Bonchev–Trinajstić information content (AvgIpc) is 3.25. The lowest BCUT2D eigenvalue weighted by molar-refractivity contribution is -0.136. The minimum atomic E-state index is -0.911. The highest BCUT2D eigenvalue weighted by atomic mass is 16.5. The molecule has 2 aliphatic rings. The number of primary amides is 1. The molecule has 1 aromatic carbocycles. The van der Waals surface area contributed by atoms with Gasteiger partial charge in [-0.3, -0.25) is 19.7 Å². The molecule has 3 heterocycles. The van der Waals surface area contributed by atoms with Crippen LogP contribution in [-0.2, 0) is 27.5 Å². The summed E-state index contributed by atoms with van der Waals surface area (Å²) in [5.41, 5.74) is 7.17. The molecule has 3 N–H and O–H groups in total. The molecule has 1 atom stereocenters. The van der Waals surface area contributed by atoms with Crippen LogP contribution in [0.5, 0.6) is 0 Å². The fourth-order valence-corrected chi connectivity index (χ4v) is 3.32. The quantitative estimate of drug-likeness (QED) is 0.682. The van der Waals surface area contributed by atoms with Crippen molar-refractivity contribution in [2.75, 3.05) is 0 Å². The van der Waals surface area contributed by atoms with E-state index in [-0.39, 0.29) is 24.8 Å². The summed E-state index contributed by atoms with van der Waals surface area (Å²) in [6.07, 6.45) is 1.16. The van der Waals surface area contributed by atoms with Gasteiger partial charge in [-0.05, 0) is 24.1 Å². The molecule has 11 heteroatoms. The first-order valence-corrected chi connectivity index (χ1v) is 8.54. The molecule has 11 nitrogen and oxygen atoms in total. The Morgan fingerprint density at radius 1 is 1.32 bits per heavy atom. The molecule has 0 radical (unpaired) electrons. The number of rotatable bonds is 4. The first kappa shape index (κ1) is 17.6. The highest BCUT2D eigenvalue weighted by molar-refractivity contribution is 6.05. The van der Waals surface area contributed by atoms with Gasteiger partial charge in [-0.1, -0.05) is 11.3 Å². The normalized spacial score (nSPS) is 18.8. The molecule has 2 aliphatic heterocycles. The van der Waals surface area contributed by atoms with E-state index in [0.29, 0.717) is 29.9 Å². The summed E-state index contributed by atoms with van der Waals surface area (Å²) in [6.45, 7) is 0.193. The fraction of sp³-hybridized carbons (Fsp3) is 0.294. The second kappa shape index (κ2) is 6.76. The van der Waals surface area contributed by atoms with E-state index >= 15 is 0 Å². The van der Waals surface area contributed by atoms with Gasteiger partial charge in [-0.2, -0.15) is 0 Å². The zero-order valence-electron chi connectivity index (χ0n) is 14.6. The summed E-state index contributed by atoms with van der Waals surface area (Å²) >= 11 is 0. The Labute approximate surface area is 158 Å². The third-order valence-corrected chi connectivity index (χ3v) is 4.68. The maximum Gasteiger partial charge on any atom is 0.404 e. The number of fused-ring (bicyclic) bond motifs is 1. The number of ether oxygens (including phenoxy) is 1. The molecule has 2 aromatic rings. The summed E-state index contributed by atoms with van der Waals surface area (Å²) < 4.78 is 6.11. The smallest absolute Gasteiger partial charge is 0.404 e. The van der Waals surface area contributed by atoms with Crippen molar-refractivity contribution in [3.63, 3.8) is 0 Å². The molecule has 144 valence electrons. The summed E-state index contributed by atoms with van der Waals surface area (Å²) in [6, 6.07) is 4.56. The van der Waals surface area contributed by atoms with Crippen molar-refractivity contribution >= 4 is 23.8 Å². The largest absolute Gasteiger partial charge is 0.443 e. The van der Waals surface area contributed by atoms with Gasteiger partial charge < -0.3 is 15.4 Å². The third-order valence-electron chi connectivity index (χ3n) is 4.68. The number of piperidine rings is 1. The van der Waals surface area contributed by atoms with Crippen LogP contribution in [0.15, 0.2) is 24.4 Å². The number of carbonyl (C=O) groups excluding carboxylic acids is 4. The SMILES string of the molecule is NC(=O)OCc1cn(-c2ccc3c(c2)C(=O)N(C2CCC(=O)NC2=O)C3)nn1. The minimum Gasteiger partial charge on any atom is -0.443 e. The fourth-order valence-electron chi connectivity index (χ4n) is 3.32. The van der Waals surface area contributed by atoms with Gasteiger partial charge in [0.25, 0.3) is 5.91 Å². The third kappa shape index (κ3) is 3.17. The van der Waals surface area contributed by atoms with Crippen LogP contribution in [0.3, 0.4) is 0 Å². The predicted octanol–water partition coefficient (Wildman–Crippen LogP) is -0.376. The number of amides is 4. The lowest BCUT2D eigenvalue weighted by atomic mass is 10.0. The van der Waals surface area contributed by atoms with Gasteiger partial charge in [-0.15, -0.1) is 5.10 Å². The molecule has 0 bridgehead atoms. The van der Waals surface area contributed by atoms with E-state index < -0.39 is 18.0 Å². The van der Waals surface area contributed by atoms with Crippen LogP contribution in [-0.4, -0.2) is 49.8 Å². The van der Waals surface area contributed by atoms with Crippen molar-refractivity contribution in [1.29, 1.82) is 0 Å². The van der Waals surface area contributed by atoms with Crippen LogP contribution in [0.25, 0.3) is 5.69 Å². The average molecular weight is 384 g/mol. The lowest BCUT2D eigenvalue weighted by Crippen LogP contribution is -2.52. The van der Waals surface area contributed by atoms with E-state index in [1.54, 1.807) is 24.4 Å². The highest BCUT2D eigenvalue weighted by Crippen LogP contribution is 2.29. The highest BCUT2D eigenvalue weighted by Gasteiger charge is 2.39. The second-order valence-corrected chi connectivity index (χ2v) is 6.50. The Kier molecular flexibility index (Phi) is 4.26. The van der Waals surface area contributed by atoms with Crippen LogP contribution in [0, 0.1) is 0 Å². The number of carbonyl (C=O) groups is 4. The van der Waals surface area contributed by atoms with Crippen molar-refractivity contribution in [2.24, 2.45) is 5.73 Å². The Bertz CT molecular complexity index is 1000. The molecule has 1 saturated heterocycles. The molecule has 4 amide bonds. The monoisotopic (exact) mass is 384 g/mol. The van der Waals surface area contributed by atoms with E-state index in [4.69, 9.17) is 5.73 Å². The molecular weight excluding hydrogens is 368 g/mol. The van der Waals surface area contributed by atoms with Crippen molar-refractivity contribution in [1.82, 2.24) is 25.2 Å². The maximum atomic E-state index is 12.8. The van der Waals surface area contributed by atoms with E-state index in [9.17, 15) is 19.2 Å². The van der Waals surface area contributed by atoms with Crippen LogP contribution in [0.2, 0.25) is 0 Å². The lowest BCUT2D eigenvalue weighted by Gasteiger charge is -2.29. The summed E-state index contributed by atoms with van der Waals surface area (Å²) in [4.78, 5) is 48.4. The molecule has 1 unspecified atom stereocenters. The van der Waals surface area contributed by atoms with Gasteiger partial charge in [0.15, 0.2) is 0 Å². The molecule has 1 fully saturated rings. The first-order chi connectivity index (χ1) is 13.4. The number of nitrogens with two attached hydrogens (primary N) is 1. The number of hydrogen-bond acceptors (Lipinski definition) is 7. The number of aromatic nitrogens is 3. The minimum absolute atomic E-state index is 0.109. The zero-order chi connectivity index (χ0) is 19.8. The number of nitrogens with zero attached hydrogens (tertiary/aromatic N) is 4. The topological polar surface area (TPSA) is 150 Å². The van der Waals surface area contributed by atoms with E-state index in [2.05, 4.69) is 20.4 Å². The van der Waals surface area contributed by atoms with Gasteiger partial charge in [0.2, 0.25) is 11.8 Å². The van der Waals surface area contributed by atoms with Crippen LogP contribution in [0.1, 0.15) is 34.5 Å². The summed E-state index contributed by atoms with van der Waals surface area (Å²) in [5, 5.41) is 10.1. The van der Waals surface area contributed by atoms with Gasteiger partial charge in [-0.25, -0.2) is 9.48 Å². The van der Waals surface area contributed by atoms with Gasteiger partial charge in [0.05, 0.1) is 11.9 Å². The number of benzene rings is 1. The molecule has 0 aliphatic carbocycles. The van der Waals surface area contributed by atoms with Crippen LogP contribution in [0.4, 0.5) is 4.79 Å². The molecule has 0 spiro atoms. The maximum absolute atomic E-state index is 12.8. The first-order valence-electron chi connectivity index (χ1n) is 8.54. The van der Waals surface area contributed by atoms with Crippen molar-refractivity contribution in [3.05, 3.63) is 41.2 Å². The van der Waals surface area contributed by atoms with Gasteiger partial charge in [0, 0.05) is 18.5 Å². The van der Waals surface area contributed by atoms with E-state index in [1.165, 1.54) is 9.58 Å². The zero-order valence-corrected chi connectivity index (χ0v) is 14.6. The molecular formula is C17H16N6O5. The van der Waals surface area contributed by atoms with Crippen molar-refractivity contribution < 1.29 is 23.9 Å². The predicted molar refractivity (Wildman–Crippen MR) is 91.8 cm³/mol. The van der Waals surface area contributed by atoms with Gasteiger partial charge >= 0.3 is 6.09 Å². The van der Waals surface area contributed by atoms with Gasteiger partial charge in [0.1, 0.15) is 18.3 Å². The van der Waals surface area contributed by atoms with Crippen molar-refractivity contribution in [3.8, 4) is 5.69 Å². The number of nitrogens with one attached hydrogen (secondary N) is 1. The standard InChI is InChI=1S/C17H16N6O5/c18-17(27)28-8-10-7-23(21-20-10)11-2-1-9-6-22(16(26)12(9)5-11)13-3-4-14(24)19-15(13)25/h1-2,5,7,13H,3-4,6,8H2,(H2,18,27)(H,19,24,25). The van der Waals surface area contributed by atoms with Crippen LogP contribution < -0.4 is 11.1 Å². The Balaban J connectivity index is 1.54. The Hall–Kier alpha value is -3.76. The molecule has 1 aromatic heterocycles. The second-order valence-electron chi connectivity index (χ2n) is 6.50. The molecule has 0 saturated carbocycles. The summed E-state index contributed by atoms with van der Waals surface area (Å²) in [7, 11) is 0. The number of imide groups is 1.